The Kier molecular flexibility index (Phi) is 18.7. The molecule has 0 radical (unpaired) electrons. The third kappa shape index (κ3) is 11.4. The molecule has 0 spiro atoms. The molecule has 0 N–H and O–H groups in total. The molecule has 0 nitrogen and oxygen atoms in total. The molecule has 0 heterocycles. The second-order valence-corrected chi connectivity index (χ2v) is 5.30. The van der Waals surface area contributed by atoms with Crippen LogP contribution in [0, 0.1) is 6.92 Å². The van der Waals surface area contributed by atoms with Crippen molar-refractivity contribution >= 4 is 11.1 Å². The van der Waals surface area contributed by atoms with Crippen LogP contribution >= 0.6 is 0 Å². The van der Waals surface area contributed by atoms with Gasteiger partial charge in [-0.1, -0.05) is 103 Å². The number of unbranched alkanes of at least 4 members (excludes halogenated alkanes) is 3. The van der Waals surface area contributed by atoms with Crippen LogP contribution in [0.4, 0.5) is 0 Å². The topological polar surface area (TPSA) is 0 Å². The van der Waals surface area contributed by atoms with Gasteiger partial charge in [0.05, 0.1) is 0 Å². The van der Waals surface area contributed by atoms with Crippen molar-refractivity contribution in [1.82, 2.24) is 0 Å². The van der Waals surface area contributed by atoms with Gasteiger partial charge in [-0.3, -0.25) is 0 Å². The highest BCUT2D eigenvalue weighted by Crippen LogP contribution is 2.21. The lowest BCUT2D eigenvalue weighted by molar-refractivity contribution is 0.702. The molecule has 0 fully saturated rings. The highest BCUT2D eigenvalue weighted by atomic mass is 14.1. The molecule has 0 aliphatic carbocycles. The average Bonchev–Trinajstić information content (AvgIpc) is 2.47. The summed E-state index contributed by atoms with van der Waals surface area (Å²) < 4.78 is 0. The first kappa shape index (κ1) is 25.6. The molecule has 0 heteroatoms. The van der Waals surface area contributed by atoms with E-state index in [-0.39, 0.29) is 7.43 Å². The van der Waals surface area contributed by atoms with Crippen LogP contribution in [0.25, 0.3) is 11.1 Å². The molecule has 0 atom stereocenters. The summed E-state index contributed by atoms with van der Waals surface area (Å²) in [5.41, 5.74) is 5.95. The largest absolute Gasteiger partial charge is 0.0955 e. The Morgan fingerprint density at radius 2 is 1.36 bits per heavy atom. The normalized spacial score (nSPS) is 8.50. The van der Waals surface area contributed by atoms with Crippen LogP contribution in [-0.2, 0) is 0 Å². The summed E-state index contributed by atoms with van der Waals surface area (Å²) in [6.07, 6.45) is 5.54. The van der Waals surface area contributed by atoms with Crippen molar-refractivity contribution in [2.45, 2.75) is 81.6 Å². The highest BCUT2D eigenvalue weighted by Gasteiger charge is 2.00. The van der Waals surface area contributed by atoms with Crippen molar-refractivity contribution in [3.05, 3.63) is 48.0 Å². The molecule has 0 aromatic heterocycles. The summed E-state index contributed by atoms with van der Waals surface area (Å²) in [5.74, 6) is 0. The Morgan fingerprint density at radius 3 is 1.64 bits per heavy atom. The van der Waals surface area contributed by atoms with Crippen LogP contribution in [0.5, 0.6) is 0 Å². The lowest BCUT2D eigenvalue weighted by Crippen LogP contribution is -1.87. The second kappa shape index (κ2) is 16.1. The van der Waals surface area contributed by atoms with Gasteiger partial charge in [0.15, 0.2) is 0 Å². The zero-order chi connectivity index (χ0) is 16.8. The number of benzene rings is 1. The average molecular weight is 305 g/mol. The van der Waals surface area contributed by atoms with Gasteiger partial charge in [0.2, 0.25) is 0 Å². The van der Waals surface area contributed by atoms with Gasteiger partial charge < -0.3 is 0 Å². The number of hydrogen-bond acceptors (Lipinski definition) is 0. The van der Waals surface area contributed by atoms with Crippen LogP contribution in [0.2, 0.25) is 0 Å². The molecular weight excluding hydrogens is 264 g/mol. The molecule has 0 saturated heterocycles. The second-order valence-electron chi connectivity index (χ2n) is 5.30. The Morgan fingerprint density at radius 1 is 0.909 bits per heavy atom. The highest BCUT2D eigenvalue weighted by molar-refractivity contribution is 5.69. The Balaban J connectivity index is -0.000000343. The number of rotatable bonds is 5. The van der Waals surface area contributed by atoms with Gasteiger partial charge in [0.25, 0.3) is 0 Å². The smallest absolute Gasteiger partial charge is 0.0204 e. The quantitative estimate of drug-likeness (QED) is 0.480. The Hall–Kier alpha value is -1.30. The van der Waals surface area contributed by atoms with Gasteiger partial charge in [0, 0.05) is 0 Å². The first-order valence-electron chi connectivity index (χ1n) is 8.36. The van der Waals surface area contributed by atoms with Gasteiger partial charge >= 0.3 is 0 Å². The molecular formula is C22H40. The van der Waals surface area contributed by atoms with E-state index in [1.807, 2.05) is 27.7 Å². The minimum atomic E-state index is 0. The number of aryl methyl sites for hydroxylation is 1. The van der Waals surface area contributed by atoms with Crippen molar-refractivity contribution in [3.63, 3.8) is 0 Å². The van der Waals surface area contributed by atoms with Gasteiger partial charge in [-0.25, -0.2) is 0 Å². The molecule has 1 aromatic carbocycles. The number of hydrogen-bond donors (Lipinski definition) is 0. The van der Waals surface area contributed by atoms with E-state index in [0.717, 1.165) is 11.1 Å². The minimum Gasteiger partial charge on any atom is -0.0955 e. The van der Waals surface area contributed by atoms with E-state index in [9.17, 15) is 0 Å². The first-order chi connectivity index (χ1) is 9.93. The Labute approximate surface area is 141 Å². The van der Waals surface area contributed by atoms with Crippen LogP contribution in [0.15, 0.2) is 31.4 Å². The van der Waals surface area contributed by atoms with E-state index >= 15 is 0 Å². The summed E-state index contributed by atoms with van der Waals surface area (Å²) in [7, 11) is 0. The molecule has 1 aromatic rings. The molecule has 128 valence electrons. The summed E-state index contributed by atoms with van der Waals surface area (Å²) in [5, 5.41) is 0. The molecule has 0 aliphatic heterocycles. The summed E-state index contributed by atoms with van der Waals surface area (Å²) in [6.45, 7) is 22.5. The van der Waals surface area contributed by atoms with Gasteiger partial charge in [0.1, 0.15) is 0 Å². The van der Waals surface area contributed by atoms with Crippen molar-refractivity contribution in [2.75, 3.05) is 0 Å². The minimum absolute atomic E-state index is 0. The van der Waals surface area contributed by atoms with Gasteiger partial charge in [-0.05, 0) is 37.5 Å². The molecule has 0 bridgehead atoms. The number of allylic oxidation sites excluding steroid dienone is 2. The van der Waals surface area contributed by atoms with Crippen molar-refractivity contribution < 1.29 is 0 Å². The molecule has 0 unspecified atom stereocenters. The lowest BCUT2D eigenvalue weighted by atomic mass is 9.98. The molecule has 0 aliphatic rings. The molecule has 22 heavy (non-hydrogen) atoms. The van der Waals surface area contributed by atoms with E-state index in [4.69, 9.17) is 0 Å². The third-order valence-corrected chi connectivity index (χ3v) is 3.14. The van der Waals surface area contributed by atoms with E-state index in [0.29, 0.717) is 0 Å². The molecule has 1 rings (SSSR count). The maximum atomic E-state index is 3.94. The van der Waals surface area contributed by atoms with Crippen molar-refractivity contribution in [2.24, 2.45) is 0 Å². The summed E-state index contributed by atoms with van der Waals surface area (Å²) in [6, 6.07) is 6.37. The molecule has 0 saturated carbocycles. The van der Waals surface area contributed by atoms with E-state index < -0.39 is 0 Å². The van der Waals surface area contributed by atoms with Crippen LogP contribution < -0.4 is 0 Å². The third-order valence-electron chi connectivity index (χ3n) is 3.14. The van der Waals surface area contributed by atoms with E-state index in [1.165, 1.54) is 42.4 Å². The van der Waals surface area contributed by atoms with Gasteiger partial charge in [-0.2, -0.15) is 0 Å². The standard InChI is InChI=1S/C13H16.C6H14.C2H6.CH4/c1-9(2)12-6-7-13(10(3)4)11(5)8-12;1-3-5-6-4-2;1-2;/h6-8H,1,3H2,2,4-5H3;3-6H2,1-2H3;1-2H3;1H4. The zero-order valence-electron chi connectivity index (χ0n) is 15.5. The summed E-state index contributed by atoms with van der Waals surface area (Å²) in [4.78, 5) is 0. The molecule has 0 amide bonds. The maximum Gasteiger partial charge on any atom is -0.0204 e. The van der Waals surface area contributed by atoms with E-state index in [1.54, 1.807) is 0 Å². The van der Waals surface area contributed by atoms with Crippen molar-refractivity contribution in [1.29, 1.82) is 0 Å². The van der Waals surface area contributed by atoms with Crippen LogP contribution in [0.3, 0.4) is 0 Å². The zero-order valence-corrected chi connectivity index (χ0v) is 15.5. The van der Waals surface area contributed by atoms with Crippen LogP contribution in [-0.4, -0.2) is 0 Å². The fraction of sp³-hybridized carbons (Fsp3) is 0.545. The first-order valence-corrected chi connectivity index (χ1v) is 8.36. The maximum absolute atomic E-state index is 3.94. The lowest BCUT2D eigenvalue weighted by Gasteiger charge is -2.07. The van der Waals surface area contributed by atoms with Gasteiger partial charge in [-0.15, -0.1) is 0 Å². The predicted octanol–water partition coefficient (Wildman–Crippen LogP) is 8.31. The summed E-state index contributed by atoms with van der Waals surface area (Å²) >= 11 is 0. The SMILES string of the molecule is C.C=C(C)c1ccc(C(=C)C)c(C)c1.CC.CCCCCC. The predicted molar refractivity (Wildman–Crippen MR) is 108 cm³/mol. The fourth-order valence-electron chi connectivity index (χ4n) is 1.91. The fourth-order valence-corrected chi connectivity index (χ4v) is 1.91. The van der Waals surface area contributed by atoms with Crippen molar-refractivity contribution in [3.8, 4) is 0 Å². The Bertz CT molecular complexity index is 406. The van der Waals surface area contributed by atoms with Crippen LogP contribution in [0.1, 0.15) is 91.3 Å². The van der Waals surface area contributed by atoms with E-state index in [2.05, 4.69) is 52.1 Å². The monoisotopic (exact) mass is 304 g/mol.